The summed E-state index contributed by atoms with van der Waals surface area (Å²) in [6, 6.07) is 13.8. The van der Waals surface area contributed by atoms with Gasteiger partial charge in [-0.3, -0.25) is 4.79 Å². The second kappa shape index (κ2) is 9.38. The number of methoxy groups -OCH3 is 2. The number of hydrogen-bond acceptors (Lipinski definition) is 4. The average molecular weight is 432 g/mol. The molecular formula is C24H30ClNO4. The SMILES string of the molecule is COc1cc2c(cc1OC)C(=O)C(CC1CC[N+]([O-])(Cc3ccccc3)CC1)C2.Cl. The van der Waals surface area contributed by atoms with Crippen molar-refractivity contribution < 1.29 is 18.9 Å². The van der Waals surface area contributed by atoms with Gasteiger partial charge >= 0.3 is 0 Å². The van der Waals surface area contributed by atoms with Crippen LogP contribution in [-0.4, -0.2) is 37.7 Å². The van der Waals surface area contributed by atoms with Crippen LogP contribution >= 0.6 is 12.4 Å². The topological polar surface area (TPSA) is 58.6 Å². The van der Waals surface area contributed by atoms with Crippen LogP contribution in [0.25, 0.3) is 0 Å². The zero-order chi connectivity index (χ0) is 20.4. The van der Waals surface area contributed by atoms with Crippen molar-refractivity contribution in [2.45, 2.75) is 32.2 Å². The number of fused-ring (bicyclic) bond motifs is 1. The van der Waals surface area contributed by atoms with E-state index in [1.807, 2.05) is 42.5 Å². The predicted octanol–water partition coefficient (Wildman–Crippen LogP) is 4.80. The molecule has 0 aromatic heterocycles. The average Bonchev–Trinajstić information content (AvgIpc) is 3.04. The molecule has 0 spiro atoms. The number of rotatable bonds is 6. The molecule has 162 valence electrons. The molecule has 30 heavy (non-hydrogen) atoms. The maximum absolute atomic E-state index is 13.1. The molecule has 1 atom stereocenters. The minimum atomic E-state index is -0.145. The smallest absolute Gasteiger partial charge is 0.166 e. The molecule has 0 amide bonds. The Morgan fingerprint density at radius 2 is 1.67 bits per heavy atom. The molecule has 1 aliphatic carbocycles. The number of carbonyl (C=O) groups is 1. The van der Waals surface area contributed by atoms with E-state index in [0.29, 0.717) is 37.1 Å². The van der Waals surface area contributed by atoms with Crippen LogP contribution in [-0.2, 0) is 13.0 Å². The Morgan fingerprint density at radius 1 is 1.03 bits per heavy atom. The standard InChI is InChI=1S/C24H29NO4.ClH/c1-28-22-14-19-13-20(24(26)21(19)15-23(22)29-2)12-17-8-10-25(27,11-9-17)16-18-6-4-3-5-7-18;/h3-7,14-15,17,20H,8-13,16H2,1-2H3;1H. The highest BCUT2D eigenvalue weighted by Gasteiger charge is 2.36. The number of piperidine rings is 1. The van der Waals surface area contributed by atoms with E-state index in [1.165, 1.54) is 0 Å². The summed E-state index contributed by atoms with van der Waals surface area (Å²) in [7, 11) is 3.20. The normalized spacial score (nSPS) is 25.4. The molecule has 6 heteroatoms. The van der Waals surface area contributed by atoms with Gasteiger partial charge < -0.3 is 19.3 Å². The Labute approximate surface area is 184 Å². The third-order valence-electron chi connectivity index (χ3n) is 6.53. The van der Waals surface area contributed by atoms with E-state index in [2.05, 4.69) is 0 Å². The van der Waals surface area contributed by atoms with Crippen LogP contribution in [0.5, 0.6) is 11.5 Å². The Kier molecular flexibility index (Phi) is 7.06. The first kappa shape index (κ1) is 22.6. The first-order valence-corrected chi connectivity index (χ1v) is 10.4. The van der Waals surface area contributed by atoms with Gasteiger partial charge in [-0.15, -0.1) is 12.4 Å². The lowest BCUT2D eigenvalue weighted by molar-refractivity contribution is -0.899. The van der Waals surface area contributed by atoms with Gasteiger partial charge in [-0.25, -0.2) is 0 Å². The minimum absolute atomic E-state index is 0. The van der Waals surface area contributed by atoms with E-state index >= 15 is 0 Å². The quantitative estimate of drug-likeness (QED) is 0.487. The molecule has 0 saturated carbocycles. The van der Waals surface area contributed by atoms with Gasteiger partial charge in [0.25, 0.3) is 0 Å². The fourth-order valence-corrected chi connectivity index (χ4v) is 4.89. The molecule has 1 heterocycles. The molecule has 1 aliphatic heterocycles. The number of quaternary nitrogens is 1. The summed E-state index contributed by atoms with van der Waals surface area (Å²) in [5, 5.41) is 13.1. The van der Waals surface area contributed by atoms with Crippen LogP contribution in [0.3, 0.4) is 0 Å². The number of carbonyl (C=O) groups excluding carboxylic acids is 1. The molecule has 0 N–H and O–H groups in total. The summed E-state index contributed by atoms with van der Waals surface area (Å²) >= 11 is 0. The van der Waals surface area contributed by atoms with Crippen molar-refractivity contribution in [2.24, 2.45) is 11.8 Å². The van der Waals surface area contributed by atoms with Crippen molar-refractivity contribution in [3.05, 3.63) is 64.4 Å². The third kappa shape index (κ3) is 4.64. The molecule has 0 bridgehead atoms. The van der Waals surface area contributed by atoms with E-state index in [-0.39, 0.29) is 28.8 Å². The van der Waals surface area contributed by atoms with Crippen LogP contribution in [0, 0.1) is 17.0 Å². The summed E-state index contributed by atoms with van der Waals surface area (Å²) in [4.78, 5) is 12.9. The number of nitrogens with zero attached hydrogens (tertiary/aromatic N) is 1. The van der Waals surface area contributed by atoms with Crippen molar-refractivity contribution in [3.8, 4) is 11.5 Å². The van der Waals surface area contributed by atoms with Gasteiger partial charge in [0.15, 0.2) is 17.3 Å². The largest absolute Gasteiger partial charge is 0.633 e. The second-order valence-corrected chi connectivity index (χ2v) is 8.46. The van der Waals surface area contributed by atoms with Gasteiger partial charge in [0.05, 0.1) is 27.3 Å². The number of likely N-dealkylation sites (tertiary alicyclic amines) is 1. The lowest BCUT2D eigenvalue weighted by Crippen LogP contribution is -2.47. The Hall–Kier alpha value is -2.08. The Bertz CT molecular complexity index is 878. The molecule has 2 aliphatic rings. The van der Waals surface area contributed by atoms with Crippen molar-refractivity contribution in [1.82, 2.24) is 0 Å². The molecule has 1 saturated heterocycles. The third-order valence-corrected chi connectivity index (χ3v) is 6.53. The molecule has 4 rings (SSSR count). The number of Topliss-reactive ketones (excluding diaryl/α,β-unsaturated/α-hetero) is 1. The highest BCUT2D eigenvalue weighted by Crippen LogP contribution is 2.40. The number of ether oxygens (including phenoxy) is 2. The molecule has 0 radical (unpaired) electrons. The highest BCUT2D eigenvalue weighted by molar-refractivity contribution is 6.02. The second-order valence-electron chi connectivity index (χ2n) is 8.46. The van der Waals surface area contributed by atoms with E-state index in [0.717, 1.165) is 42.4 Å². The first-order chi connectivity index (χ1) is 14.0. The maximum Gasteiger partial charge on any atom is 0.166 e. The number of ketones is 1. The summed E-state index contributed by atoms with van der Waals surface area (Å²) in [5.41, 5.74) is 2.92. The van der Waals surface area contributed by atoms with E-state index in [9.17, 15) is 10.0 Å². The summed E-state index contributed by atoms with van der Waals surface area (Å²) < 4.78 is 10.6. The number of hydroxylamine groups is 3. The van der Waals surface area contributed by atoms with Crippen molar-refractivity contribution in [3.63, 3.8) is 0 Å². The van der Waals surface area contributed by atoms with Crippen LogP contribution in [0.15, 0.2) is 42.5 Å². The summed E-state index contributed by atoms with van der Waals surface area (Å²) in [6.45, 7) is 1.81. The van der Waals surface area contributed by atoms with Gasteiger partial charge in [0.1, 0.15) is 6.54 Å². The van der Waals surface area contributed by atoms with Crippen molar-refractivity contribution >= 4 is 18.2 Å². The highest BCUT2D eigenvalue weighted by atomic mass is 35.5. The van der Waals surface area contributed by atoms with Gasteiger partial charge in [-0.2, -0.15) is 0 Å². The molecule has 2 aromatic carbocycles. The van der Waals surface area contributed by atoms with Crippen LogP contribution in [0.1, 0.15) is 40.7 Å². The number of halogens is 1. The number of hydrogen-bond donors (Lipinski definition) is 0. The van der Waals surface area contributed by atoms with Crippen LogP contribution in [0.4, 0.5) is 0 Å². The van der Waals surface area contributed by atoms with Gasteiger partial charge in [0.2, 0.25) is 0 Å². The molecule has 1 unspecified atom stereocenters. The fraction of sp³-hybridized carbons (Fsp3) is 0.458. The first-order valence-electron chi connectivity index (χ1n) is 10.4. The molecule has 5 nitrogen and oxygen atoms in total. The monoisotopic (exact) mass is 431 g/mol. The summed E-state index contributed by atoms with van der Waals surface area (Å²) in [6.07, 6.45) is 3.40. The van der Waals surface area contributed by atoms with Gasteiger partial charge in [-0.05, 0) is 49.3 Å². The Balaban J connectivity index is 0.00000256. The predicted molar refractivity (Wildman–Crippen MR) is 119 cm³/mol. The Morgan fingerprint density at radius 3 is 2.30 bits per heavy atom. The zero-order valence-corrected chi connectivity index (χ0v) is 18.5. The minimum Gasteiger partial charge on any atom is -0.633 e. The fourth-order valence-electron chi connectivity index (χ4n) is 4.89. The van der Waals surface area contributed by atoms with Crippen molar-refractivity contribution in [1.29, 1.82) is 0 Å². The summed E-state index contributed by atoms with van der Waals surface area (Å²) in [5.74, 6) is 1.93. The zero-order valence-electron chi connectivity index (χ0n) is 17.6. The molecular weight excluding hydrogens is 402 g/mol. The van der Waals surface area contributed by atoms with E-state index in [1.54, 1.807) is 14.2 Å². The van der Waals surface area contributed by atoms with Crippen LogP contribution in [0.2, 0.25) is 0 Å². The van der Waals surface area contributed by atoms with E-state index < -0.39 is 0 Å². The van der Waals surface area contributed by atoms with E-state index in [4.69, 9.17) is 9.47 Å². The number of benzene rings is 2. The van der Waals surface area contributed by atoms with Crippen molar-refractivity contribution in [2.75, 3.05) is 27.3 Å². The van der Waals surface area contributed by atoms with Crippen LogP contribution < -0.4 is 9.47 Å². The molecule has 1 fully saturated rings. The molecule has 2 aromatic rings. The van der Waals surface area contributed by atoms with Gasteiger partial charge in [-0.1, -0.05) is 30.3 Å². The lowest BCUT2D eigenvalue weighted by Gasteiger charge is -2.47. The lowest BCUT2D eigenvalue weighted by atomic mass is 9.85. The van der Waals surface area contributed by atoms with Gasteiger partial charge in [0, 0.05) is 17.0 Å². The maximum atomic E-state index is 13.1.